The normalized spacial score (nSPS) is 17.6. The van der Waals surface area contributed by atoms with Gasteiger partial charge in [-0.15, -0.1) is 0 Å². The number of imidazole rings is 1. The van der Waals surface area contributed by atoms with Crippen LogP contribution in [0.25, 0.3) is 17.1 Å². The van der Waals surface area contributed by atoms with E-state index in [-0.39, 0.29) is 11.5 Å². The lowest BCUT2D eigenvalue weighted by Crippen LogP contribution is -2.42. The van der Waals surface area contributed by atoms with Crippen LogP contribution >= 0.6 is 0 Å². The number of aryl methyl sites for hydroxylation is 2. The molecule has 0 saturated carbocycles. The molecule has 1 unspecified atom stereocenters. The molecule has 0 bridgehead atoms. The van der Waals surface area contributed by atoms with Crippen molar-refractivity contribution in [3.05, 3.63) is 106 Å². The average Bonchev–Trinajstić information content (AvgIpc) is 3.26. The van der Waals surface area contributed by atoms with Gasteiger partial charge in [-0.05, 0) is 42.2 Å². The topological polar surface area (TPSA) is 8.81 Å². The zero-order chi connectivity index (χ0) is 19.9. The van der Waals surface area contributed by atoms with Crippen LogP contribution in [-0.4, -0.2) is 4.57 Å². The standard InChI is InChI=1S/C27H25N2/c1-17-9-7-10-18(2)24(17)28-15-16-29-25-19-11-5-6-13-21(19)27(3,4)22-14-8-12-20(23(22)25)26(28)29/h5-16,25H,1-4H3/q+1. The van der Waals surface area contributed by atoms with Crippen molar-refractivity contribution in [2.45, 2.75) is 39.2 Å². The Morgan fingerprint density at radius 3 is 2.31 bits per heavy atom. The smallest absolute Gasteiger partial charge is 0.218 e. The van der Waals surface area contributed by atoms with Crippen LogP contribution in [0.2, 0.25) is 0 Å². The van der Waals surface area contributed by atoms with Gasteiger partial charge in [0, 0.05) is 16.5 Å². The molecule has 142 valence electrons. The highest BCUT2D eigenvalue weighted by atomic mass is 15.2. The Morgan fingerprint density at radius 1 is 0.828 bits per heavy atom. The van der Waals surface area contributed by atoms with Gasteiger partial charge in [0.15, 0.2) is 6.04 Å². The van der Waals surface area contributed by atoms with E-state index in [9.17, 15) is 0 Å². The number of para-hydroxylation sites is 1. The molecule has 6 rings (SSSR count). The Bertz CT molecular complexity index is 1290. The lowest BCUT2D eigenvalue weighted by molar-refractivity contribution is -0.688. The van der Waals surface area contributed by atoms with Gasteiger partial charge in [0.25, 0.3) is 5.82 Å². The van der Waals surface area contributed by atoms with E-state index in [1.165, 1.54) is 50.5 Å². The monoisotopic (exact) mass is 377 g/mol. The maximum Gasteiger partial charge on any atom is 0.295 e. The Morgan fingerprint density at radius 2 is 1.52 bits per heavy atom. The molecule has 1 aliphatic carbocycles. The molecule has 2 heterocycles. The predicted octanol–water partition coefficient (Wildman–Crippen LogP) is 5.64. The number of hydrogen-bond donors (Lipinski definition) is 0. The Kier molecular flexibility index (Phi) is 3.17. The molecule has 0 spiro atoms. The minimum Gasteiger partial charge on any atom is -0.218 e. The fourth-order valence-electron chi connectivity index (χ4n) is 5.74. The second kappa shape index (κ2) is 5.48. The molecule has 0 fully saturated rings. The number of nitrogens with zero attached hydrogens (tertiary/aromatic N) is 2. The maximum atomic E-state index is 2.48. The molecule has 1 aromatic heterocycles. The summed E-state index contributed by atoms with van der Waals surface area (Å²) in [6.07, 6.45) is 4.51. The van der Waals surface area contributed by atoms with E-state index in [1.807, 2.05) is 0 Å². The van der Waals surface area contributed by atoms with Gasteiger partial charge in [-0.3, -0.25) is 0 Å². The maximum absolute atomic E-state index is 2.48. The first-order valence-electron chi connectivity index (χ1n) is 10.4. The minimum absolute atomic E-state index is 0.00583. The van der Waals surface area contributed by atoms with Crippen molar-refractivity contribution < 1.29 is 4.57 Å². The highest BCUT2D eigenvalue weighted by Crippen LogP contribution is 2.51. The first-order valence-corrected chi connectivity index (χ1v) is 10.4. The van der Waals surface area contributed by atoms with Crippen LogP contribution in [-0.2, 0) is 5.41 Å². The molecule has 29 heavy (non-hydrogen) atoms. The lowest BCUT2D eigenvalue weighted by atomic mass is 9.67. The van der Waals surface area contributed by atoms with Crippen molar-refractivity contribution in [2.24, 2.45) is 0 Å². The predicted molar refractivity (Wildman–Crippen MR) is 117 cm³/mol. The third-order valence-corrected chi connectivity index (χ3v) is 7.03. The van der Waals surface area contributed by atoms with Crippen LogP contribution in [0.15, 0.2) is 73.1 Å². The first kappa shape index (κ1) is 16.8. The molecule has 2 aliphatic rings. The van der Waals surface area contributed by atoms with Gasteiger partial charge in [-0.1, -0.05) is 68.4 Å². The summed E-state index contributed by atoms with van der Waals surface area (Å²) in [5.41, 5.74) is 11.1. The second-order valence-electron chi connectivity index (χ2n) is 9.02. The van der Waals surface area contributed by atoms with Crippen molar-refractivity contribution in [2.75, 3.05) is 0 Å². The fourth-order valence-corrected chi connectivity index (χ4v) is 5.74. The van der Waals surface area contributed by atoms with Gasteiger partial charge in [0.1, 0.15) is 18.1 Å². The zero-order valence-electron chi connectivity index (χ0n) is 17.4. The Hall–Kier alpha value is -3.13. The minimum atomic E-state index is 0.00583. The van der Waals surface area contributed by atoms with Gasteiger partial charge >= 0.3 is 0 Å². The summed E-state index contributed by atoms with van der Waals surface area (Å²) < 4.78 is 4.88. The third kappa shape index (κ3) is 1.99. The Labute approximate surface area is 172 Å². The summed E-state index contributed by atoms with van der Waals surface area (Å²) in [6.45, 7) is 9.15. The third-order valence-electron chi connectivity index (χ3n) is 7.03. The highest BCUT2D eigenvalue weighted by molar-refractivity contribution is 5.72. The SMILES string of the molecule is Cc1cccc(C)c1-n1cc[n+]2c1-c1cccc3c1C2c1ccccc1C3(C)C. The molecular formula is C27H25N2+. The van der Waals surface area contributed by atoms with Crippen molar-refractivity contribution >= 4 is 0 Å². The lowest BCUT2D eigenvalue weighted by Gasteiger charge is -2.36. The molecule has 2 heteroatoms. The van der Waals surface area contributed by atoms with E-state index in [4.69, 9.17) is 0 Å². The van der Waals surface area contributed by atoms with Crippen LogP contribution < -0.4 is 4.57 Å². The van der Waals surface area contributed by atoms with E-state index < -0.39 is 0 Å². The highest BCUT2D eigenvalue weighted by Gasteiger charge is 2.48. The van der Waals surface area contributed by atoms with Crippen molar-refractivity contribution in [1.82, 2.24) is 4.57 Å². The average molecular weight is 378 g/mol. The molecule has 0 N–H and O–H groups in total. The zero-order valence-corrected chi connectivity index (χ0v) is 17.4. The Balaban J connectivity index is 1.72. The van der Waals surface area contributed by atoms with Crippen LogP contribution in [0.3, 0.4) is 0 Å². The molecule has 1 aliphatic heterocycles. The summed E-state index contributed by atoms with van der Waals surface area (Å²) in [5.74, 6) is 1.29. The summed E-state index contributed by atoms with van der Waals surface area (Å²) in [4.78, 5) is 0. The summed E-state index contributed by atoms with van der Waals surface area (Å²) in [5, 5.41) is 0. The van der Waals surface area contributed by atoms with Gasteiger partial charge in [-0.25, -0.2) is 4.57 Å². The van der Waals surface area contributed by atoms with Crippen LogP contribution in [0.1, 0.15) is 53.3 Å². The van der Waals surface area contributed by atoms with Gasteiger partial charge < -0.3 is 0 Å². The van der Waals surface area contributed by atoms with E-state index in [0.717, 1.165) is 0 Å². The second-order valence-corrected chi connectivity index (χ2v) is 9.02. The van der Waals surface area contributed by atoms with E-state index in [2.05, 4.69) is 110 Å². The molecule has 3 aromatic carbocycles. The summed E-state index contributed by atoms with van der Waals surface area (Å²) in [6, 6.07) is 22.7. The molecule has 2 nitrogen and oxygen atoms in total. The van der Waals surface area contributed by atoms with Crippen molar-refractivity contribution in [3.8, 4) is 17.1 Å². The van der Waals surface area contributed by atoms with Crippen molar-refractivity contribution in [1.29, 1.82) is 0 Å². The molecule has 1 atom stereocenters. The number of rotatable bonds is 1. The van der Waals surface area contributed by atoms with Gasteiger partial charge in [0.2, 0.25) is 0 Å². The molecular weight excluding hydrogens is 352 g/mol. The fraction of sp³-hybridized carbons (Fsp3) is 0.222. The van der Waals surface area contributed by atoms with Crippen LogP contribution in [0.5, 0.6) is 0 Å². The van der Waals surface area contributed by atoms with Gasteiger partial charge in [-0.2, -0.15) is 4.57 Å². The van der Waals surface area contributed by atoms with E-state index >= 15 is 0 Å². The summed E-state index contributed by atoms with van der Waals surface area (Å²) in [7, 11) is 0. The first-order chi connectivity index (χ1) is 14.0. The molecule has 0 amide bonds. The number of aromatic nitrogens is 2. The van der Waals surface area contributed by atoms with E-state index in [1.54, 1.807) is 0 Å². The van der Waals surface area contributed by atoms with Gasteiger partial charge in [0.05, 0.1) is 5.56 Å². The summed E-state index contributed by atoms with van der Waals surface area (Å²) >= 11 is 0. The molecule has 0 saturated heterocycles. The quantitative estimate of drug-likeness (QED) is 0.334. The number of benzene rings is 3. The van der Waals surface area contributed by atoms with Crippen LogP contribution in [0, 0.1) is 13.8 Å². The molecule has 0 radical (unpaired) electrons. The van der Waals surface area contributed by atoms with Crippen molar-refractivity contribution in [3.63, 3.8) is 0 Å². The number of fused-ring (bicyclic) bond motifs is 5. The number of hydrogen-bond acceptors (Lipinski definition) is 0. The largest absolute Gasteiger partial charge is 0.295 e. The van der Waals surface area contributed by atoms with Crippen LogP contribution in [0.4, 0.5) is 0 Å². The molecule has 4 aromatic rings. The van der Waals surface area contributed by atoms with E-state index in [0.29, 0.717) is 0 Å².